The van der Waals surface area contributed by atoms with Gasteiger partial charge in [0.25, 0.3) is 0 Å². The van der Waals surface area contributed by atoms with E-state index >= 15 is 0 Å². The second kappa shape index (κ2) is 9.27. The Hall–Kier alpha value is -2.00. The molecule has 9 heteroatoms. The van der Waals surface area contributed by atoms with Crippen molar-refractivity contribution in [2.45, 2.75) is 22.0 Å². The van der Waals surface area contributed by atoms with Crippen molar-refractivity contribution in [2.24, 2.45) is 0 Å². The van der Waals surface area contributed by atoms with Gasteiger partial charge >= 0.3 is 6.09 Å². The van der Waals surface area contributed by atoms with Crippen molar-refractivity contribution in [2.75, 3.05) is 43.9 Å². The molecule has 1 fully saturated rings. The van der Waals surface area contributed by atoms with Crippen LogP contribution in [0, 0.1) is 5.82 Å². The smallest absolute Gasteiger partial charge is 0.409 e. The Morgan fingerprint density at radius 3 is 2.52 bits per heavy atom. The van der Waals surface area contributed by atoms with Gasteiger partial charge in [0.05, 0.1) is 6.61 Å². The van der Waals surface area contributed by atoms with Gasteiger partial charge in [0, 0.05) is 37.1 Å². The third-order valence-corrected chi connectivity index (χ3v) is 5.49. The number of nitrogens with zero attached hydrogens (tertiary/aromatic N) is 4. The Morgan fingerprint density at radius 2 is 1.89 bits per heavy atom. The number of hydrogen-bond acceptors (Lipinski definition) is 7. The van der Waals surface area contributed by atoms with Crippen molar-refractivity contribution in [3.63, 3.8) is 0 Å². The zero-order valence-electron chi connectivity index (χ0n) is 15.2. The monoisotopic (exact) mass is 408 g/mol. The quantitative estimate of drug-likeness (QED) is 0.424. The topological polar surface area (TPSA) is 58.6 Å². The van der Waals surface area contributed by atoms with Gasteiger partial charge < -0.3 is 14.5 Å². The van der Waals surface area contributed by atoms with E-state index < -0.39 is 0 Å². The van der Waals surface area contributed by atoms with Gasteiger partial charge in [-0.1, -0.05) is 23.5 Å². The maximum Gasteiger partial charge on any atom is 0.409 e. The molecule has 144 valence electrons. The van der Waals surface area contributed by atoms with Crippen LogP contribution in [0.3, 0.4) is 0 Å². The fourth-order valence-corrected chi connectivity index (χ4v) is 3.90. The van der Waals surface area contributed by atoms with E-state index in [9.17, 15) is 9.18 Å². The van der Waals surface area contributed by atoms with Crippen molar-refractivity contribution in [3.05, 3.63) is 36.1 Å². The summed E-state index contributed by atoms with van der Waals surface area (Å²) in [5.74, 6) is 0.578. The highest BCUT2D eigenvalue weighted by Gasteiger charge is 2.23. The predicted octanol–water partition coefficient (Wildman–Crippen LogP) is 3.77. The first-order chi connectivity index (χ1) is 13.1. The lowest BCUT2D eigenvalue weighted by Gasteiger charge is -2.34. The van der Waals surface area contributed by atoms with Crippen molar-refractivity contribution in [1.82, 2.24) is 14.9 Å². The molecule has 2 aromatic rings. The number of halogens is 1. The van der Waals surface area contributed by atoms with Crippen molar-refractivity contribution in [3.8, 4) is 0 Å². The minimum Gasteiger partial charge on any atom is -0.450 e. The van der Waals surface area contributed by atoms with Gasteiger partial charge in [-0.25, -0.2) is 19.2 Å². The highest BCUT2D eigenvalue weighted by Crippen LogP contribution is 2.30. The van der Waals surface area contributed by atoms with E-state index in [1.54, 1.807) is 24.0 Å². The molecule has 0 atom stereocenters. The summed E-state index contributed by atoms with van der Waals surface area (Å²) in [5, 5.41) is 1.49. The van der Waals surface area contributed by atoms with E-state index in [2.05, 4.69) is 14.9 Å². The molecular weight excluding hydrogens is 387 g/mol. The number of ether oxygens (including phenoxy) is 1. The van der Waals surface area contributed by atoms with Gasteiger partial charge in [0.15, 0.2) is 5.16 Å². The summed E-state index contributed by atoms with van der Waals surface area (Å²) in [4.78, 5) is 25.8. The van der Waals surface area contributed by atoms with Crippen molar-refractivity contribution < 1.29 is 13.9 Å². The van der Waals surface area contributed by atoms with Gasteiger partial charge in [0.2, 0.25) is 0 Å². The molecular formula is C18H21FN4O2S2. The molecule has 1 aromatic heterocycles. The molecule has 0 unspecified atom stereocenters. The van der Waals surface area contributed by atoms with Crippen LogP contribution in [0.5, 0.6) is 0 Å². The number of amides is 1. The van der Waals surface area contributed by atoms with E-state index in [0.29, 0.717) is 37.9 Å². The Morgan fingerprint density at radius 1 is 1.19 bits per heavy atom. The minimum absolute atomic E-state index is 0.257. The molecule has 1 aliphatic heterocycles. The lowest BCUT2D eigenvalue weighted by molar-refractivity contribution is 0.105. The molecule has 3 rings (SSSR count). The summed E-state index contributed by atoms with van der Waals surface area (Å²) >= 11 is 2.95. The van der Waals surface area contributed by atoms with E-state index in [4.69, 9.17) is 4.74 Å². The average molecular weight is 409 g/mol. The summed E-state index contributed by atoms with van der Waals surface area (Å²) in [7, 11) is 0. The average Bonchev–Trinajstić information content (AvgIpc) is 2.70. The molecule has 1 saturated heterocycles. The molecule has 2 heterocycles. The van der Waals surface area contributed by atoms with Gasteiger partial charge in [-0.15, -0.1) is 0 Å². The number of thioether (sulfide) groups is 1. The number of benzene rings is 1. The molecule has 1 amide bonds. The summed E-state index contributed by atoms with van der Waals surface area (Å²) in [6.07, 6.45) is 1.67. The van der Waals surface area contributed by atoms with E-state index in [0.717, 1.165) is 15.7 Å². The Bertz CT molecular complexity index is 783. The van der Waals surface area contributed by atoms with Crippen LogP contribution in [0.1, 0.15) is 6.92 Å². The van der Waals surface area contributed by atoms with Crippen LogP contribution in [-0.4, -0.2) is 60.0 Å². The second-order valence-corrected chi connectivity index (χ2v) is 7.65. The van der Waals surface area contributed by atoms with Crippen LogP contribution in [0.4, 0.5) is 15.0 Å². The third kappa shape index (κ3) is 5.26. The van der Waals surface area contributed by atoms with Crippen molar-refractivity contribution in [1.29, 1.82) is 0 Å². The molecule has 0 saturated carbocycles. The fourth-order valence-electron chi connectivity index (χ4n) is 2.65. The second-order valence-electron chi connectivity index (χ2n) is 5.78. The van der Waals surface area contributed by atoms with Crippen LogP contribution in [0.25, 0.3) is 0 Å². The maximum atomic E-state index is 13.1. The normalized spacial score (nSPS) is 14.3. The molecule has 0 N–H and O–H groups in total. The molecule has 0 radical (unpaired) electrons. The fraction of sp³-hybridized carbons (Fsp3) is 0.389. The zero-order chi connectivity index (χ0) is 19.2. The first-order valence-electron chi connectivity index (χ1n) is 8.62. The standard InChI is InChI=1S/C18H21FN4O2S2/c1-3-25-18(24)23-10-8-22(9-11-23)15-12-16(21-17(20-15)26-2)27-14-6-4-13(19)5-7-14/h4-7,12H,3,8-11H2,1-2H3. The van der Waals surface area contributed by atoms with E-state index in [-0.39, 0.29) is 11.9 Å². The third-order valence-electron chi connectivity index (χ3n) is 4.02. The van der Waals surface area contributed by atoms with E-state index in [1.165, 1.54) is 35.7 Å². The summed E-state index contributed by atoms with van der Waals surface area (Å²) in [6.45, 7) is 4.75. The highest BCUT2D eigenvalue weighted by atomic mass is 32.2. The number of anilines is 1. The zero-order valence-corrected chi connectivity index (χ0v) is 16.9. The van der Waals surface area contributed by atoms with Crippen LogP contribution in [-0.2, 0) is 4.74 Å². The van der Waals surface area contributed by atoms with Crippen molar-refractivity contribution >= 4 is 35.4 Å². The number of piperazine rings is 1. The maximum absolute atomic E-state index is 13.1. The van der Waals surface area contributed by atoms with Crippen LogP contribution in [0.2, 0.25) is 0 Å². The molecule has 0 aliphatic carbocycles. The Kier molecular flexibility index (Phi) is 6.78. The first-order valence-corrected chi connectivity index (χ1v) is 10.7. The molecule has 0 spiro atoms. The number of aromatic nitrogens is 2. The highest BCUT2D eigenvalue weighted by molar-refractivity contribution is 7.99. The molecule has 27 heavy (non-hydrogen) atoms. The Balaban J connectivity index is 1.72. The first kappa shape index (κ1) is 19.8. The van der Waals surface area contributed by atoms with Crippen LogP contribution >= 0.6 is 23.5 Å². The van der Waals surface area contributed by atoms with Crippen LogP contribution in [0.15, 0.2) is 45.4 Å². The van der Waals surface area contributed by atoms with E-state index in [1.807, 2.05) is 12.3 Å². The SMILES string of the molecule is CCOC(=O)N1CCN(c2cc(Sc3ccc(F)cc3)nc(SC)n2)CC1. The van der Waals surface area contributed by atoms with Crippen LogP contribution < -0.4 is 4.90 Å². The molecule has 1 aliphatic rings. The largest absolute Gasteiger partial charge is 0.450 e. The minimum atomic E-state index is -0.266. The van der Waals surface area contributed by atoms with Gasteiger partial charge in [-0.3, -0.25) is 0 Å². The molecule has 6 nitrogen and oxygen atoms in total. The molecule has 0 bridgehead atoms. The summed E-state index contributed by atoms with van der Waals surface area (Å²) in [6, 6.07) is 8.29. The summed E-state index contributed by atoms with van der Waals surface area (Å²) in [5.41, 5.74) is 0. The van der Waals surface area contributed by atoms with Gasteiger partial charge in [-0.05, 0) is 37.4 Å². The number of rotatable bonds is 5. The lowest BCUT2D eigenvalue weighted by atomic mass is 10.3. The molecule has 1 aromatic carbocycles. The van der Waals surface area contributed by atoms with Gasteiger partial charge in [-0.2, -0.15) is 0 Å². The number of hydrogen-bond donors (Lipinski definition) is 0. The number of carbonyl (C=O) groups is 1. The number of carbonyl (C=O) groups excluding carboxylic acids is 1. The Labute approximate surface area is 166 Å². The van der Waals surface area contributed by atoms with Gasteiger partial charge in [0.1, 0.15) is 16.7 Å². The summed E-state index contributed by atoms with van der Waals surface area (Å²) < 4.78 is 18.2. The lowest BCUT2D eigenvalue weighted by Crippen LogP contribution is -2.49. The predicted molar refractivity (Wildman–Crippen MR) is 105 cm³/mol.